The summed E-state index contributed by atoms with van der Waals surface area (Å²) in [4.78, 5) is 41.5. The molecule has 12 aromatic carbocycles. The van der Waals surface area contributed by atoms with Crippen LogP contribution >= 0.6 is 0 Å². The van der Waals surface area contributed by atoms with Crippen molar-refractivity contribution in [1.29, 1.82) is 0 Å². The molecule has 3 unspecified atom stereocenters. The zero-order chi connectivity index (χ0) is 94.8. The maximum Gasteiger partial charge on any atom is 0.216 e. The first kappa shape index (κ1) is 99.4. The molecule has 12 heterocycles. The number of aryl methyl sites for hydroxylation is 4. The summed E-state index contributed by atoms with van der Waals surface area (Å²) in [7, 11) is 0. The van der Waals surface area contributed by atoms with Crippen molar-refractivity contribution in [3.8, 4) is 101 Å². The molecule has 142 heavy (non-hydrogen) atoms. The summed E-state index contributed by atoms with van der Waals surface area (Å²) in [6, 6.07) is 152. The molecule has 0 saturated heterocycles. The maximum absolute atomic E-state index is 6.35. The molecule has 15 heteroatoms. The molecule has 24 aromatic rings. The Morgan fingerprint density at radius 3 is 1.27 bits per heavy atom. The van der Waals surface area contributed by atoms with Gasteiger partial charge >= 0.3 is 0 Å². The Morgan fingerprint density at radius 1 is 0.261 bits per heavy atom. The van der Waals surface area contributed by atoms with E-state index in [1.807, 2.05) is 233 Å². The zero-order valence-electron chi connectivity index (χ0n) is 79.0. The van der Waals surface area contributed by atoms with Gasteiger partial charge in [0.05, 0.1) is 33.7 Å². The molecule has 3 atom stereocenters. The number of aromatic nitrogens is 9. The predicted molar refractivity (Wildman–Crippen MR) is 563 cm³/mol. The van der Waals surface area contributed by atoms with E-state index >= 15 is 0 Å². The summed E-state index contributed by atoms with van der Waals surface area (Å²) in [6.45, 7) is 14.8. The monoisotopic (exact) mass is 2370 g/mol. The Labute approximate surface area is 868 Å². The standard InChI is InChI=1S/2C31H23N2O.C25H19N2O.C17H12N.C12H10N.C11H8N.3Ir/c1-20-17-28(32-19-26(20)23-11-7-4-8-12-23)24-13-15-29-25(18-24)31-30(34-29)16-14-27(33-31)21(2)22-9-5-3-6-10-22;1-20-17-27-26-18-25(28-19-24(15-16-32-28)23-11-7-4-8-12-23)13-14-29(26)34-31(27)30(33-20)21(2)22-9-5-3-6-10-22;1-16-12-13-26-23(14-16)19-8-11-24-21(15-19)20-9-10-22(27-25(20)28-24)17(2)18-6-4-3-5-7-18;1-2-7-14(8-3-1)15-9-6-10-16(13-15)17-11-4-5-12-18-17;1-10-7-8-12(13-9-10)11-5-3-2-4-6-11;1-2-6-10(7-3-1)11-8-4-5-9-12-11;;;/h2*3-12,14-19,21H,1-2H3;3-7,9-15,17H,1-2H3;1-9,11-13H;2-5,7-9H,1H3;1-6,8-9H;;;/q6*-1;;;. The van der Waals surface area contributed by atoms with Crippen LogP contribution < -0.4 is 0 Å². The number of furan rings is 3. The number of benzene rings is 12. The van der Waals surface area contributed by atoms with Crippen molar-refractivity contribution in [1.82, 2.24) is 44.9 Å². The number of hydrogen-bond acceptors (Lipinski definition) is 12. The number of hydrogen-bond donors (Lipinski definition) is 0. The third-order valence-electron chi connectivity index (χ3n) is 24.5. The molecule has 0 amide bonds. The predicted octanol–water partition coefficient (Wildman–Crippen LogP) is 31.9. The van der Waals surface area contributed by atoms with Gasteiger partial charge in [-0.25, -0.2) is 9.97 Å². The summed E-state index contributed by atoms with van der Waals surface area (Å²) in [6.07, 6.45) is 11.1. The minimum Gasteiger partial charge on any atom is -0.499 e. The molecule has 0 saturated carbocycles. The molecule has 699 valence electrons. The largest absolute Gasteiger partial charge is 0.499 e. The second-order valence-electron chi connectivity index (χ2n) is 34.1. The normalized spacial score (nSPS) is 11.4. The van der Waals surface area contributed by atoms with Crippen LogP contribution in [0, 0.1) is 64.1 Å². The van der Waals surface area contributed by atoms with Crippen LogP contribution in [-0.4, -0.2) is 44.9 Å². The zero-order valence-corrected chi connectivity index (χ0v) is 86.2. The minimum absolute atomic E-state index is 0. The fraction of sp³-hybridized carbons (Fsp3) is 0.0787. The Kier molecular flexibility index (Phi) is 33.1. The van der Waals surface area contributed by atoms with Gasteiger partial charge in [-0.05, 0) is 172 Å². The molecular formula is C127H95Ir3N9O3-6. The van der Waals surface area contributed by atoms with Crippen LogP contribution in [0.4, 0.5) is 0 Å². The van der Waals surface area contributed by atoms with Crippen molar-refractivity contribution in [2.75, 3.05) is 0 Å². The minimum atomic E-state index is 0. The van der Waals surface area contributed by atoms with Gasteiger partial charge in [0.15, 0.2) is 0 Å². The van der Waals surface area contributed by atoms with Crippen molar-refractivity contribution in [3.63, 3.8) is 0 Å². The average Bonchev–Trinajstić information content (AvgIpc) is 1.74. The van der Waals surface area contributed by atoms with Gasteiger partial charge in [-0.1, -0.05) is 274 Å². The third-order valence-corrected chi connectivity index (χ3v) is 24.5. The van der Waals surface area contributed by atoms with Crippen LogP contribution in [0.3, 0.4) is 0 Å². The molecule has 0 spiro atoms. The van der Waals surface area contributed by atoms with E-state index in [4.69, 9.17) is 33.2 Å². The van der Waals surface area contributed by atoms with E-state index in [0.29, 0.717) is 5.71 Å². The van der Waals surface area contributed by atoms with E-state index in [1.165, 1.54) is 55.6 Å². The smallest absolute Gasteiger partial charge is 0.216 e. The molecule has 0 aliphatic carbocycles. The number of fused-ring (bicyclic) bond motifs is 9. The van der Waals surface area contributed by atoms with E-state index in [-0.39, 0.29) is 78.1 Å². The van der Waals surface area contributed by atoms with Crippen molar-refractivity contribution < 1.29 is 73.6 Å². The fourth-order valence-electron chi connectivity index (χ4n) is 16.9. The summed E-state index contributed by atoms with van der Waals surface area (Å²) in [5.74, 6) is 0.523. The third kappa shape index (κ3) is 23.7. The Balaban J connectivity index is 0.000000127. The first-order chi connectivity index (χ1) is 68.3. The number of pyridine rings is 9. The molecule has 12 aromatic heterocycles. The van der Waals surface area contributed by atoms with Crippen LogP contribution in [0.15, 0.2) is 445 Å². The van der Waals surface area contributed by atoms with Crippen LogP contribution in [0.5, 0.6) is 0 Å². The molecule has 0 fully saturated rings. The molecule has 0 aliphatic heterocycles. The van der Waals surface area contributed by atoms with Gasteiger partial charge in [0, 0.05) is 143 Å². The first-order valence-electron chi connectivity index (χ1n) is 46.4. The number of rotatable bonds is 15. The molecule has 0 aliphatic rings. The second kappa shape index (κ2) is 47.3. The second-order valence-corrected chi connectivity index (χ2v) is 34.1. The van der Waals surface area contributed by atoms with Crippen LogP contribution in [0.25, 0.3) is 167 Å². The van der Waals surface area contributed by atoms with Crippen LogP contribution in [0.2, 0.25) is 0 Å². The average molecular weight is 2370 g/mol. The van der Waals surface area contributed by atoms with E-state index in [2.05, 4.69) is 296 Å². The van der Waals surface area contributed by atoms with E-state index in [0.717, 1.165) is 162 Å². The van der Waals surface area contributed by atoms with Gasteiger partial charge in [-0.2, -0.15) is 0 Å². The van der Waals surface area contributed by atoms with Gasteiger partial charge in [0.25, 0.3) is 0 Å². The summed E-state index contributed by atoms with van der Waals surface area (Å²) < 4.78 is 18.5. The first-order valence-corrected chi connectivity index (χ1v) is 46.4. The van der Waals surface area contributed by atoms with Gasteiger partial charge in [0.1, 0.15) is 11.2 Å². The maximum atomic E-state index is 6.35. The quantitative estimate of drug-likeness (QED) is 0.0897. The van der Waals surface area contributed by atoms with Crippen molar-refractivity contribution in [2.24, 2.45) is 0 Å². The SMILES string of the molecule is Cc1cc(-c2[c-]cc3oc4ccc(C(C)c5ccccc5)nc4c3c2)ncc1-c1ccccc1.Cc1cc2c(oc3c[c-]c(-c4cc(-c5ccccc5)ccn4)cc32)c(C(C)c2ccccc2)n1.Cc1ccc(-c2[c-]cccc2)nc1.Cc1ccnc(-c2[c-]cc3oc4nc(C(C)c5ccccc5)ccc4c3c2)c1.[Ir].[Ir].[Ir].[c-]1ccc(-c2ccccc2)cc1-c1ccccn1.[c-]1ccccc1-c1ccccn1. The molecule has 0 N–H and O–H groups in total. The Bertz CT molecular complexity index is 8170. The van der Waals surface area contributed by atoms with Crippen LogP contribution in [-0.2, 0) is 60.3 Å². The van der Waals surface area contributed by atoms with Gasteiger partial charge in [0.2, 0.25) is 5.71 Å². The summed E-state index contributed by atoms with van der Waals surface area (Å²) >= 11 is 0. The molecule has 0 bridgehead atoms. The fourth-order valence-corrected chi connectivity index (χ4v) is 16.9. The number of nitrogens with zero attached hydrogens (tertiary/aromatic N) is 9. The van der Waals surface area contributed by atoms with Gasteiger partial charge in [-0.15, -0.1) is 178 Å². The van der Waals surface area contributed by atoms with E-state index < -0.39 is 0 Å². The van der Waals surface area contributed by atoms with E-state index in [1.54, 1.807) is 12.4 Å². The van der Waals surface area contributed by atoms with Crippen molar-refractivity contribution >= 4 is 66.1 Å². The topological polar surface area (TPSA) is 155 Å². The van der Waals surface area contributed by atoms with Crippen molar-refractivity contribution in [2.45, 2.75) is 66.2 Å². The van der Waals surface area contributed by atoms with Gasteiger partial charge < -0.3 is 43.2 Å². The summed E-state index contributed by atoms with van der Waals surface area (Å²) in [5, 5.41) is 5.18. The molecule has 3 radical (unpaired) electrons. The molecule has 12 nitrogen and oxygen atoms in total. The van der Waals surface area contributed by atoms with Crippen LogP contribution in [0.1, 0.15) is 94.7 Å². The molecular weight excluding hydrogens is 2280 g/mol. The van der Waals surface area contributed by atoms with Crippen molar-refractivity contribution in [3.05, 3.63) is 524 Å². The van der Waals surface area contributed by atoms with E-state index in [9.17, 15) is 0 Å². The molecule has 24 rings (SSSR count). The Morgan fingerprint density at radius 2 is 0.718 bits per heavy atom. The Hall–Kier alpha value is -15.7. The summed E-state index contributed by atoms with van der Waals surface area (Å²) in [5.41, 5.74) is 35.3. The van der Waals surface area contributed by atoms with Gasteiger partial charge in [-0.3, -0.25) is 4.98 Å².